The van der Waals surface area contributed by atoms with Crippen LogP contribution in [0.3, 0.4) is 0 Å². The van der Waals surface area contributed by atoms with Crippen LogP contribution in [0.1, 0.15) is 33.8 Å². The maximum atomic E-state index is 5.86. The third kappa shape index (κ3) is 9.06. The summed E-state index contributed by atoms with van der Waals surface area (Å²) in [6.45, 7) is 4.81. The molecule has 3 heterocycles. The maximum Gasteiger partial charge on any atom is 0.108 e. The number of hydrogen-bond acceptors (Lipinski definition) is 9. The summed E-state index contributed by atoms with van der Waals surface area (Å²) in [5.41, 5.74) is 5.66. The number of hydrogen-bond donors (Lipinski definition) is 0. The number of ether oxygens (including phenoxy) is 3. The summed E-state index contributed by atoms with van der Waals surface area (Å²) < 4.78 is 23.1. The second-order valence-electron chi connectivity index (χ2n) is 12.2. The summed E-state index contributed by atoms with van der Waals surface area (Å²) in [5.74, 6) is 0.964. The van der Waals surface area contributed by atoms with Crippen molar-refractivity contribution in [1.29, 1.82) is 0 Å². The minimum atomic E-state index is 0.321. The van der Waals surface area contributed by atoms with Gasteiger partial charge in [0.25, 0.3) is 0 Å². The Balaban J connectivity index is 1.00. The molecule has 0 unspecified atom stereocenters. The van der Waals surface area contributed by atoms with Crippen LogP contribution in [0.25, 0.3) is 0 Å². The van der Waals surface area contributed by atoms with E-state index < -0.39 is 0 Å². The first-order valence-electron chi connectivity index (χ1n) is 16.3. The molecule has 0 aliphatic heterocycles. The fourth-order valence-electron chi connectivity index (χ4n) is 5.79. The zero-order chi connectivity index (χ0) is 32.4. The standard InChI is InChI=1S/C36H39N9O3/c1-2-8-28(7-1)22-46-25-34-19-43(40-37-34)16-31-13-32(17-44-20-35(38-41-44)26-47-23-29-9-3-4-10-29)15-33(14-31)18-45-21-36(39-42-45)27-48-24-30-11-5-6-12-30/h1-15,19-21,28-30H,16-18,22-27H2. The minimum absolute atomic E-state index is 0.321. The van der Waals surface area contributed by atoms with E-state index in [4.69, 9.17) is 14.2 Å². The van der Waals surface area contributed by atoms with Gasteiger partial charge in [0.15, 0.2) is 0 Å². The number of benzene rings is 1. The Kier molecular flexibility index (Phi) is 10.3. The van der Waals surface area contributed by atoms with Crippen LogP contribution in [0.2, 0.25) is 0 Å². The molecule has 12 nitrogen and oxygen atoms in total. The average molecular weight is 646 g/mol. The van der Waals surface area contributed by atoms with Gasteiger partial charge in [-0.2, -0.15) is 0 Å². The van der Waals surface area contributed by atoms with Crippen molar-refractivity contribution < 1.29 is 14.2 Å². The van der Waals surface area contributed by atoms with E-state index in [0.717, 1.165) is 33.8 Å². The van der Waals surface area contributed by atoms with Crippen LogP contribution in [0.5, 0.6) is 0 Å². The van der Waals surface area contributed by atoms with Crippen LogP contribution in [0.4, 0.5) is 0 Å². The Morgan fingerprint density at radius 1 is 0.438 bits per heavy atom. The van der Waals surface area contributed by atoms with Crippen molar-refractivity contribution in [3.05, 3.63) is 143 Å². The second-order valence-corrected chi connectivity index (χ2v) is 12.2. The molecule has 0 spiro atoms. The highest BCUT2D eigenvalue weighted by molar-refractivity contribution is 5.31. The molecule has 3 aliphatic carbocycles. The van der Waals surface area contributed by atoms with Crippen molar-refractivity contribution in [2.45, 2.75) is 39.5 Å². The van der Waals surface area contributed by atoms with E-state index in [1.54, 1.807) is 0 Å². The zero-order valence-corrected chi connectivity index (χ0v) is 26.7. The fraction of sp³-hybridized carbons (Fsp3) is 0.333. The predicted octanol–water partition coefficient (Wildman–Crippen LogP) is 4.38. The quantitative estimate of drug-likeness (QED) is 0.155. The van der Waals surface area contributed by atoms with Crippen molar-refractivity contribution in [3.8, 4) is 0 Å². The van der Waals surface area contributed by atoms with Crippen molar-refractivity contribution in [2.75, 3.05) is 19.8 Å². The molecular formula is C36H39N9O3. The van der Waals surface area contributed by atoms with Gasteiger partial charge < -0.3 is 14.2 Å². The molecular weight excluding hydrogens is 606 g/mol. The van der Waals surface area contributed by atoms with Gasteiger partial charge in [0.1, 0.15) is 17.1 Å². The van der Waals surface area contributed by atoms with E-state index in [9.17, 15) is 0 Å². The summed E-state index contributed by atoms with van der Waals surface area (Å²) in [6.07, 6.45) is 30.8. The number of aromatic nitrogens is 9. The molecule has 3 aliphatic rings. The smallest absolute Gasteiger partial charge is 0.108 e. The second kappa shape index (κ2) is 15.7. The largest absolute Gasteiger partial charge is 0.374 e. The molecule has 246 valence electrons. The van der Waals surface area contributed by atoms with Gasteiger partial charge in [0.2, 0.25) is 0 Å². The van der Waals surface area contributed by atoms with Gasteiger partial charge in [0, 0.05) is 17.8 Å². The van der Waals surface area contributed by atoms with Crippen molar-refractivity contribution in [1.82, 2.24) is 45.0 Å². The molecule has 3 aromatic heterocycles. The topological polar surface area (TPSA) is 120 Å². The van der Waals surface area contributed by atoms with Gasteiger partial charge in [-0.3, -0.25) is 0 Å². The summed E-state index contributed by atoms with van der Waals surface area (Å²) in [4.78, 5) is 0. The van der Waals surface area contributed by atoms with Crippen LogP contribution < -0.4 is 0 Å². The van der Waals surface area contributed by atoms with Gasteiger partial charge >= 0.3 is 0 Å². The predicted molar refractivity (Wildman–Crippen MR) is 178 cm³/mol. The van der Waals surface area contributed by atoms with Crippen molar-refractivity contribution in [2.24, 2.45) is 17.8 Å². The third-order valence-electron chi connectivity index (χ3n) is 8.07. The third-order valence-corrected chi connectivity index (χ3v) is 8.07. The SMILES string of the molecule is C1=CC(COCc2cn(Cc3cc(Cn4cc(COCC5C=CC=C5)nn4)cc(Cn4cc(COCC5C=CC=C5)nn4)c3)nn2)C=C1. The maximum absolute atomic E-state index is 5.86. The van der Waals surface area contributed by atoms with Gasteiger partial charge in [-0.25, -0.2) is 14.0 Å². The molecule has 0 atom stereocenters. The molecule has 0 amide bonds. The summed E-state index contributed by atoms with van der Waals surface area (Å²) in [6, 6.07) is 6.51. The van der Waals surface area contributed by atoms with Crippen LogP contribution in [0.15, 0.2) is 110 Å². The molecule has 0 saturated carbocycles. The monoisotopic (exact) mass is 645 g/mol. The molecule has 1 aromatic carbocycles. The first kappa shape index (κ1) is 31.6. The highest BCUT2D eigenvalue weighted by Gasteiger charge is 2.12. The van der Waals surface area contributed by atoms with Gasteiger partial charge in [-0.05, 0) is 16.7 Å². The molecule has 0 radical (unpaired) electrons. The van der Waals surface area contributed by atoms with E-state index >= 15 is 0 Å². The molecule has 0 fully saturated rings. The Labute approximate surface area is 279 Å². The highest BCUT2D eigenvalue weighted by Crippen LogP contribution is 2.17. The van der Waals surface area contributed by atoms with Crippen molar-refractivity contribution >= 4 is 0 Å². The molecule has 4 aromatic rings. The lowest BCUT2D eigenvalue weighted by atomic mass is 10.1. The summed E-state index contributed by atoms with van der Waals surface area (Å²) in [5, 5.41) is 26.1. The van der Waals surface area contributed by atoms with E-state index in [0.29, 0.717) is 77.0 Å². The number of nitrogens with zero attached hydrogens (tertiary/aromatic N) is 9. The lowest BCUT2D eigenvalue weighted by molar-refractivity contribution is 0.108. The molecule has 0 bridgehead atoms. The Morgan fingerprint density at radius 3 is 1.02 bits per heavy atom. The number of rotatable bonds is 18. The van der Waals surface area contributed by atoms with E-state index in [2.05, 4.69) is 85.6 Å². The summed E-state index contributed by atoms with van der Waals surface area (Å²) in [7, 11) is 0. The molecule has 48 heavy (non-hydrogen) atoms. The molecule has 0 saturated heterocycles. The minimum Gasteiger partial charge on any atom is -0.374 e. The average Bonchev–Trinajstić information content (AvgIpc) is 3.92. The van der Waals surface area contributed by atoms with Crippen LogP contribution >= 0.6 is 0 Å². The van der Waals surface area contributed by atoms with E-state index in [-0.39, 0.29) is 0 Å². The molecule has 0 N–H and O–H groups in total. The number of allylic oxidation sites excluding steroid dienone is 6. The lowest BCUT2D eigenvalue weighted by Gasteiger charge is -2.10. The Hall–Kier alpha value is -5.04. The van der Waals surface area contributed by atoms with Gasteiger partial charge in [-0.15, -0.1) is 15.3 Å². The first-order valence-corrected chi connectivity index (χ1v) is 16.3. The fourth-order valence-corrected chi connectivity index (χ4v) is 5.79. The molecule has 7 rings (SSSR count). The zero-order valence-electron chi connectivity index (χ0n) is 26.7. The lowest BCUT2D eigenvalue weighted by Crippen LogP contribution is -2.08. The van der Waals surface area contributed by atoms with Crippen molar-refractivity contribution in [3.63, 3.8) is 0 Å². The van der Waals surface area contributed by atoms with Crippen LogP contribution in [0, 0.1) is 17.8 Å². The van der Waals surface area contributed by atoms with Crippen LogP contribution in [-0.2, 0) is 53.7 Å². The van der Waals surface area contributed by atoms with E-state index in [1.807, 2.05) is 69.1 Å². The van der Waals surface area contributed by atoms with Crippen LogP contribution in [-0.4, -0.2) is 64.8 Å². The summed E-state index contributed by atoms with van der Waals surface area (Å²) >= 11 is 0. The Bertz CT molecular complexity index is 1590. The highest BCUT2D eigenvalue weighted by atomic mass is 16.5. The van der Waals surface area contributed by atoms with Gasteiger partial charge in [0.05, 0.1) is 77.9 Å². The Morgan fingerprint density at radius 2 is 0.729 bits per heavy atom. The molecule has 12 heteroatoms. The van der Waals surface area contributed by atoms with E-state index in [1.165, 1.54) is 0 Å². The normalized spacial score (nSPS) is 15.8. The first-order chi connectivity index (χ1) is 23.7. The van der Waals surface area contributed by atoms with Gasteiger partial charge in [-0.1, -0.05) is 107 Å².